The van der Waals surface area contributed by atoms with Gasteiger partial charge in [0.15, 0.2) is 5.78 Å². The molecule has 5 nitrogen and oxygen atoms in total. The predicted molar refractivity (Wildman–Crippen MR) is 103 cm³/mol. The van der Waals surface area contributed by atoms with Gasteiger partial charge in [-0.15, -0.1) is 0 Å². The Hall–Kier alpha value is -3.18. The summed E-state index contributed by atoms with van der Waals surface area (Å²) in [5.41, 5.74) is 2.98. The van der Waals surface area contributed by atoms with Gasteiger partial charge in [0.1, 0.15) is 0 Å². The number of aromatic nitrogens is 1. The monoisotopic (exact) mass is 365 g/mol. The fourth-order valence-corrected chi connectivity index (χ4v) is 2.53. The van der Waals surface area contributed by atoms with Crippen molar-refractivity contribution in [1.29, 1.82) is 0 Å². The number of halogens is 1. The molecular formula is C20H16ClN3O2. The van der Waals surface area contributed by atoms with Gasteiger partial charge in [-0.05, 0) is 49.4 Å². The van der Waals surface area contributed by atoms with E-state index in [0.717, 1.165) is 5.69 Å². The van der Waals surface area contributed by atoms with Gasteiger partial charge in [0, 0.05) is 17.4 Å². The average molecular weight is 366 g/mol. The second-order valence-corrected chi connectivity index (χ2v) is 6.06. The number of carbonyl (C=O) groups is 2. The SMILES string of the molecule is CC(=O)c1ccc(NC(=O)c2cncc(Nc3ccccc3Cl)c2)cc1. The molecule has 0 aliphatic carbocycles. The van der Waals surface area contributed by atoms with Crippen LogP contribution in [0.1, 0.15) is 27.6 Å². The first kappa shape index (κ1) is 17.6. The molecule has 130 valence electrons. The zero-order valence-corrected chi connectivity index (χ0v) is 14.7. The van der Waals surface area contributed by atoms with Crippen LogP contribution in [-0.4, -0.2) is 16.7 Å². The molecule has 3 aromatic rings. The molecule has 0 atom stereocenters. The normalized spacial score (nSPS) is 10.2. The number of nitrogens with zero attached hydrogens (tertiary/aromatic N) is 1. The highest BCUT2D eigenvalue weighted by Crippen LogP contribution is 2.25. The Balaban J connectivity index is 1.74. The zero-order chi connectivity index (χ0) is 18.5. The summed E-state index contributed by atoms with van der Waals surface area (Å²) >= 11 is 6.13. The van der Waals surface area contributed by atoms with E-state index in [1.165, 1.54) is 13.1 Å². The van der Waals surface area contributed by atoms with Gasteiger partial charge in [-0.2, -0.15) is 0 Å². The quantitative estimate of drug-likeness (QED) is 0.628. The maximum Gasteiger partial charge on any atom is 0.257 e. The lowest BCUT2D eigenvalue weighted by Gasteiger charge is -2.10. The number of benzene rings is 2. The van der Waals surface area contributed by atoms with Gasteiger partial charge in [-0.3, -0.25) is 14.6 Å². The summed E-state index contributed by atoms with van der Waals surface area (Å²) in [4.78, 5) is 27.8. The van der Waals surface area contributed by atoms with Gasteiger partial charge in [-0.25, -0.2) is 0 Å². The number of ketones is 1. The highest BCUT2D eigenvalue weighted by Gasteiger charge is 2.09. The molecule has 0 bridgehead atoms. The third kappa shape index (κ3) is 4.26. The van der Waals surface area contributed by atoms with Gasteiger partial charge < -0.3 is 10.6 Å². The topological polar surface area (TPSA) is 71.1 Å². The number of hydrogen-bond donors (Lipinski definition) is 2. The Morgan fingerprint density at radius 3 is 2.35 bits per heavy atom. The highest BCUT2D eigenvalue weighted by molar-refractivity contribution is 6.33. The molecule has 2 N–H and O–H groups in total. The van der Waals surface area contributed by atoms with E-state index in [0.29, 0.717) is 27.5 Å². The lowest BCUT2D eigenvalue weighted by atomic mass is 10.1. The minimum absolute atomic E-state index is 0.0228. The van der Waals surface area contributed by atoms with E-state index in [1.54, 1.807) is 42.6 Å². The van der Waals surface area contributed by atoms with Gasteiger partial charge in [0.05, 0.1) is 28.2 Å². The standard InChI is InChI=1S/C20H16ClN3O2/c1-13(25)14-6-8-16(9-7-14)24-20(26)15-10-17(12-22-11-15)23-19-5-3-2-4-18(19)21/h2-12,23H,1H3,(H,24,26). The van der Waals surface area contributed by atoms with Crippen LogP contribution in [0.25, 0.3) is 0 Å². The number of amides is 1. The second-order valence-electron chi connectivity index (χ2n) is 5.65. The van der Waals surface area contributed by atoms with Gasteiger partial charge >= 0.3 is 0 Å². The maximum atomic E-state index is 12.4. The summed E-state index contributed by atoms with van der Waals surface area (Å²) in [7, 11) is 0. The van der Waals surface area contributed by atoms with Crippen LogP contribution in [0, 0.1) is 0 Å². The van der Waals surface area contributed by atoms with Crippen LogP contribution in [0.3, 0.4) is 0 Å². The van der Waals surface area contributed by atoms with Crippen molar-refractivity contribution in [1.82, 2.24) is 4.98 Å². The summed E-state index contributed by atoms with van der Waals surface area (Å²) < 4.78 is 0. The van der Waals surface area contributed by atoms with Crippen LogP contribution in [0.15, 0.2) is 67.0 Å². The molecule has 1 amide bonds. The largest absolute Gasteiger partial charge is 0.353 e. The smallest absolute Gasteiger partial charge is 0.257 e. The van der Waals surface area contributed by atoms with Crippen LogP contribution in [0.4, 0.5) is 17.1 Å². The molecule has 26 heavy (non-hydrogen) atoms. The van der Waals surface area contributed by atoms with Crippen molar-refractivity contribution in [3.05, 3.63) is 83.1 Å². The number of para-hydroxylation sites is 1. The van der Waals surface area contributed by atoms with Crippen molar-refractivity contribution in [3.8, 4) is 0 Å². The Bertz CT molecular complexity index is 955. The molecule has 0 saturated heterocycles. The highest BCUT2D eigenvalue weighted by atomic mass is 35.5. The molecule has 0 fully saturated rings. The first-order valence-electron chi connectivity index (χ1n) is 7.92. The predicted octanol–water partition coefficient (Wildman–Crippen LogP) is 4.93. The Morgan fingerprint density at radius 1 is 0.923 bits per heavy atom. The molecule has 0 unspecified atom stereocenters. The Labute approximate surface area is 156 Å². The van der Waals surface area contributed by atoms with Gasteiger partial charge in [0.2, 0.25) is 0 Å². The van der Waals surface area contributed by atoms with Crippen molar-refractivity contribution >= 4 is 40.4 Å². The summed E-state index contributed by atoms with van der Waals surface area (Å²) in [6.45, 7) is 1.50. The number of rotatable bonds is 5. The lowest BCUT2D eigenvalue weighted by Crippen LogP contribution is -2.12. The fraction of sp³-hybridized carbons (Fsp3) is 0.0500. The van der Waals surface area contributed by atoms with E-state index in [2.05, 4.69) is 15.6 Å². The number of anilines is 3. The lowest BCUT2D eigenvalue weighted by molar-refractivity contribution is 0.101. The molecule has 0 saturated carbocycles. The summed E-state index contributed by atoms with van der Waals surface area (Å²) in [5.74, 6) is -0.318. The van der Waals surface area contributed by atoms with E-state index < -0.39 is 0 Å². The first-order chi connectivity index (χ1) is 12.5. The minimum Gasteiger partial charge on any atom is -0.353 e. The third-order valence-corrected chi connectivity index (χ3v) is 4.03. The van der Waals surface area contributed by atoms with Crippen LogP contribution in [-0.2, 0) is 0 Å². The van der Waals surface area contributed by atoms with Crippen molar-refractivity contribution in [2.24, 2.45) is 0 Å². The van der Waals surface area contributed by atoms with Crippen molar-refractivity contribution in [2.75, 3.05) is 10.6 Å². The number of nitrogens with one attached hydrogen (secondary N) is 2. The second kappa shape index (κ2) is 7.80. The molecule has 0 spiro atoms. The summed E-state index contributed by atoms with van der Waals surface area (Å²) in [6.07, 6.45) is 3.10. The number of carbonyl (C=O) groups excluding carboxylic acids is 2. The van der Waals surface area contributed by atoms with Crippen molar-refractivity contribution in [2.45, 2.75) is 6.92 Å². The Kier molecular flexibility index (Phi) is 5.29. The molecule has 6 heteroatoms. The fourth-order valence-electron chi connectivity index (χ4n) is 2.34. The van der Waals surface area contributed by atoms with Crippen LogP contribution >= 0.6 is 11.6 Å². The van der Waals surface area contributed by atoms with E-state index in [-0.39, 0.29) is 11.7 Å². The van der Waals surface area contributed by atoms with E-state index in [9.17, 15) is 9.59 Å². The first-order valence-corrected chi connectivity index (χ1v) is 8.30. The van der Waals surface area contributed by atoms with Gasteiger partial charge in [-0.1, -0.05) is 23.7 Å². The molecule has 2 aromatic carbocycles. The van der Waals surface area contributed by atoms with Crippen LogP contribution in [0.2, 0.25) is 5.02 Å². The van der Waals surface area contributed by atoms with Crippen LogP contribution in [0.5, 0.6) is 0 Å². The molecule has 0 aliphatic heterocycles. The Morgan fingerprint density at radius 2 is 1.65 bits per heavy atom. The molecule has 0 aliphatic rings. The van der Waals surface area contributed by atoms with Gasteiger partial charge in [0.25, 0.3) is 5.91 Å². The third-order valence-electron chi connectivity index (χ3n) is 3.70. The molecular weight excluding hydrogens is 350 g/mol. The van der Waals surface area contributed by atoms with Crippen molar-refractivity contribution < 1.29 is 9.59 Å². The number of pyridine rings is 1. The zero-order valence-electron chi connectivity index (χ0n) is 14.0. The van der Waals surface area contributed by atoms with Crippen LogP contribution < -0.4 is 10.6 Å². The molecule has 1 aromatic heterocycles. The summed E-state index contributed by atoms with van der Waals surface area (Å²) in [5, 5.41) is 6.50. The molecule has 1 heterocycles. The van der Waals surface area contributed by atoms with E-state index >= 15 is 0 Å². The van der Waals surface area contributed by atoms with E-state index in [1.807, 2.05) is 18.2 Å². The average Bonchev–Trinajstić information content (AvgIpc) is 2.64. The molecule has 3 rings (SSSR count). The molecule has 0 radical (unpaired) electrons. The minimum atomic E-state index is -0.295. The number of hydrogen-bond acceptors (Lipinski definition) is 4. The summed E-state index contributed by atoms with van der Waals surface area (Å²) in [6, 6.07) is 15.7. The van der Waals surface area contributed by atoms with E-state index in [4.69, 9.17) is 11.6 Å². The van der Waals surface area contributed by atoms with Crippen molar-refractivity contribution in [3.63, 3.8) is 0 Å². The maximum absolute atomic E-state index is 12.4. The number of Topliss-reactive ketones (excluding diaryl/α,β-unsaturated/α-hetero) is 1.